The second kappa shape index (κ2) is 2.74. The van der Waals surface area contributed by atoms with Crippen molar-refractivity contribution in [2.24, 2.45) is 0 Å². The van der Waals surface area contributed by atoms with Crippen molar-refractivity contribution >= 4 is 0 Å². The van der Waals surface area contributed by atoms with Gasteiger partial charge in [-0.15, -0.1) is 10.2 Å². The molecule has 0 radical (unpaired) electrons. The van der Waals surface area contributed by atoms with Gasteiger partial charge in [0.2, 0.25) is 0 Å². The first kappa shape index (κ1) is 9.55. The normalized spacial score (nSPS) is 19.7. The van der Waals surface area contributed by atoms with E-state index in [1.807, 2.05) is 6.92 Å². The van der Waals surface area contributed by atoms with E-state index in [0.29, 0.717) is 25.2 Å². The van der Waals surface area contributed by atoms with Crippen LogP contribution in [0.4, 0.5) is 8.78 Å². The van der Waals surface area contributed by atoms with Crippen LogP contribution in [0.1, 0.15) is 32.5 Å². The molecule has 78 valence electrons. The molecule has 0 atom stereocenters. The molecule has 0 saturated heterocycles. The number of aromatic nitrogens is 3. The van der Waals surface area contributed by atoms with E-state index in [4.69, 9.17) is 0 Å². The highest BCUT2D eigenvalue weighted by atomic mass is 19.3. The fraction of sp³-hybridized carbons (Fsp3) is 0.778. The van der Waals surface area contributed by atoms with Gasteiger partial charge in [0.1, 0.15) is 12.2 Å². The van der Waals surface area contributed by atoms with E-state index >= 15 is 0 Å². The molecule has 0 aromatic carbocycles. The second-order valence-corrected chi connectivity index (χ2v) is 3.91. The molecule has 0 unspecified atom stereocenters. The van der Waals surface area contributed by atoms with Crippen LogP contribution < -0.4 is 0 Å². The number of nitrogens with zero attached hydrogens (tertiary/aromatic N) is 3. The molecule has 0 spiro atoms. The second-order valence-electron chi connectivity index (χ2n) is 3.91. The van der Waals surface area contributed by atoms with Crippen LogP contribution in [0.2, 0.25) is 0 Å². The van der Waals surface area contributed by atoms with Gasteiger partial charge in [-0.2, -0.15) is 0 Å². The van der Waals surface area contributed by atoms with Crippen molar-refractivity contribution in [3.05, 3.63) is 12.2 Å². The summed E-state index contributed by atoms with van der Waals surface area (Å²) in [5.41, 5.74) is -1.04. The highest BCUT2D eigenvalue weighted by molar-refractivity contribution is 5.23. The van der Waals surface area contributed by atoms with Crippen LogP contribution in [-0.2, 0) is 12.0 Å². The molecule has 14 heavy (non-hydrogen) atoms. The summed E-state index contributed by atoms with van der Waals surface area (Å²) in [5, 5.41) is 7.51. The van der Waals surface area contributed by atoms with E-state index in [1.54, 1.807) is 4.57 Å². The zero-order valence-electron chi connectivity index (χ0n) is 8.30. The Hall–Kier alpha value is -1.00. The molecule has 1 fully saturated rings. The lowest BCUT2D eigenvalue weighted by Gasteiger charge is -2.22. The summed E-state index contributed by atoms with van der Waals surface area (Å²) >= 11 is 0. The molecule has 3 nitrogen and oxygen atoms in total. The maximum absolute atomic E-state index is 13.4. The molecule has 1 heterocycles. The largest absolute Gasteiger partial charge is 0.317 e. The van der Waals surface area contributed by atoms with Crippen LogP contribution in [0.15, 0.2) is 6.33 Å². The Bertz CT molecular complexity index is 336. The highest BCUT2D eigenvalue weighted by Gasteiger charge is 2.63. The maximum atomic E-state index is 13.4. The minimum atomic E-state index is -2.70. The van der Waals surface area contributed by atoms with Crippen LogP contribution in [0, 0.1) is 0 Å². The van der Waals surface area contributed by atoms with Gasteiger partial charge in [-0.05, 0) is 19.8 Å². The Kier molecular flexibility index (Phi) is 1.87. The SMILES string of the molecule is CCn1cnnc1C1(C(C)(F)F)CC1. The Morgan fingerprint density at radius 3 is 2.64 bits per heavy atom. The van der Waals surface area contributed by atoms with Crippen molar-refractivity contribution in [1.82, 2.24) is 14.8 Å². The standard InChI is InChI=1S/C9H13F2N3/c1-3-14-6-12-13-7(14)9(4-5-9)8(2,10)11/h6H,3-5H2,1-2H3. The highest BCUT2D eigenvalue weighted by Crippen LogP contribution is 2.57. The van der Waals surface area contributed by atoms with E-state index in [2.05, 4.69) is 10.2 Å². The predicted molar refractivity (Wildman–Crippen MR) is 47.2 cm³/mol. The van der Waals surface area contributed by atoms with Crippen LogP contribution in [0.5, 0.6) is 0 Å². The van der Waals surface area contributed by atoms with Gasteiger partial charge in [-0.25, -0.2) is 8.78 Å². The van der Waals surface area contributed by atoms with E-state index < -0.39 is 11.3 Å². The topological polar surface area (TPSA) is 30.7 Å². The van der Waals surface area contributed by atoms with Crippen molar-refractivity contribution in [3.63, 3.8) is 0 Å². The number of alkyl halides is 2. The lowest BCUT2D eigenvalue weighted by molar-refractivity contribution is -0.0241. The van der Waals surface area contributed by atoms with Gasteiger partial charge in [0.15, 0.2) is 0 Å². The number of aryl methyl sites for hydroxylation is 1. The van der Waals surface area contributed by atoms with Crippen molar-refractivity contribution < 1.29 is 8.78 Å². The summed E-state index contributed by atoms with van der Waals surface area (Å²) in [5.74, 6) is -2.26. The average Bonchev–Trinajstić information content (AvgIpc) is 2.78. The fourth-order valence-electron chi connectivity index (χ4n) is 1.84. The molecule has 1 aliphatic rings. The minimum absolute atomic E-state index is 0.438. The number of rotatable bonds is 3. The molecule has 1 aromatic rings. The molecule has 2 rings (SSSR count). The summed E-state index contributed by atoms with van der Waals surface area (Å²) in [6, 6.07) is 0. The zero-order chi connectivity index (χ0) is 10.4. The van der Waals surface area contributed by atoms with E-state index in [0.717, 1.165) is 6.92 Å². The third-order valence-corrected chi connectivity index (χ3v) is 2.97. The van der Waals surface area contributed by atoms with Crippen molar-refractivity contribution in [1.29, 1.82) is 0 Å². The Labute approximate surface area is 81.1 Å². The molecule has 1 aliphatic carbocycles. The Balaban J connectivity index is 2.40. The molecular weight excluding hydrogens is 188 g/mol. The van der Waals surface area contributed by atoms with Gasteiger partial charge in [0.25, 0.3) is 5.92 Å². The number of halogens is 2. The lowest BCUT2D eigenvalue weighted by atomic mass is 9.98. The van der Waals surface area contributed by atoms with Crippen molar-refractivity contribution in [2.75, 3.05) is 0 Å². The average molecular weight is 201 g/mol. The van der Waals surface area contributed by atoms with Gasteiger partial charge >= 0.3 is 0 Å². The smallest absolute Gasteiger partial charge is 0.257 e. The predicted octanol–water partition coefficient (Wildman–Crippen LogP) is 1.98. The van der Waals surface area contributed by atoms with E-state index in [1.165, 1.54) is 6.33 Å². The van der Waals surface area contributed by atoms with Gasteiger partial charge in [0, 0.05) is 13.5 Å². The molecule has 1 aromatic heterocycles. The maximum Gasteiger partial charge on any atom is 0.257 e. The van der Waals surface area contributed by atoms with Crippen LogP contribution in [0.3, 0.4) is 0 Å². The summed E-state index contributed by atoms with van der Waals surface area (Å²) in [6.07, 6.45) is 2.53. The zero-order valence-corrected chi connectivity index (χ0v) is 8.30. The third-order valence-electron chi connectivity index (χ3n) is 2.97. The summed E-state index contributed by atoms with van der Waals surface area (Å²) in [6.45, 7) is 3.51. The van der Waals surface area contributed by atoms with Gasteiger partial charge in [-0.3, -0.25) is 0 Å². The van der Waals surface area contributed by atoms with Gasteiger partial charge in [-0.1, -0.05) is 0 Å². The summed E-state index contributed by atoms with van der Waals surface area (Å²) in [7, 11) is 0. The molecule has 0 bridgehead atoms. The first-order valence-corrected chi connectivity index (χ1v) is 4.77. The molecule has 5 heteroatoms. The first-order valence-electron chi connectivity index (χ1n) is 4.77. The first-order chi connectivity index (χ1) is 6.51. The molecule has 0 amide bonds. The van der Waals surface area contributed by atoms with Crippen LogP contribution in [-0.4, -0.2) is 20.7 Å². The Morgan fingerprint density at radius 1 is 1.57 bits per heavy atom. The van der Waals surface area contributed by atoms with Crippen molar-refractivity contribution in [3.8, 4) is 0 Å². The monoisotopic (exact) mass is 201 g/mol. The fourth-order valence-corrected chi connectivity index (χ4v) is 1.84. The summed E-state index contributed by atoms with van der Waals surface area (Å²) in [4.78, 5) is 0. The lowest BCUT2D eigenvalue weighted by Crippen LogP contribution is -2.33. The molecule has 0 N–H and O–H groups in total. The minimum Gasteiger partial charge on any atom is -0.317 e. The molecular formula is C9H13F2N3. The van der Waals surface area contributed by atoms with Crippen molar-refractivity contribution in [2.45, 2.75) is 44.6 Å². The Morgan fingerprint density at radius 2 is 2.21 bits per heavy atom. The van der Waals surface area contributed by atoms with Crippen LogP contribution in [0.25, 0.3) is 0 Å². The van der Waals surface area contributed by atoms with Crippen LogP contribution >= 0.6 is 0 Å². The third kappa shape index (κ3) is 1.14. The summed E-state index contributed by atoms with van der Waals surface area (Å²) < 4.78 is 28.4. The number of hydrogen-bond donors (Lipinski definition) is 0. The van der Waals surface area contributed by atoms with E-state index in [9.17, 15) is 8.78 Å². The van der Waals surface area contributed by atoms with E-state index in [-0.39, 0.29) is 0 Å². The molecule has 1 saturated carbocycles. The number of hydrogen-bond acceptors (Lipinski definition) is 2. The molecule has 0 aliphatic heterocycles. The quantitative estimate of drug-likeness (QED) is 0.748. The van der Waals surface area contributed by atoms with Gasteiger partial charge < -0.3 is 4.57 Å². The van der Waals surface area contributed by atoms with Gasteiger partial charge in [0.05, 0.1) is 5.41 Å².